The Bertz CT molecular complexity index is 584. The molecule has 1 rings (SSSR count). The molecule has 33 heavy (non-hydrogen) atoms. The number of nitrogens with one attached hydrogen (secondary N) is 1. The van der Waals surface area contributed by atoms with Gasteiger partial charge >= 0.3 is 11.9 Å². The number of hydrogen-bond donors (Lipinski definition) is 1. The van der Waals surface area contributed by atoms with Gasteiger partial charge in [-0.25, -0.2) is 4.79 Å². The van der Waals surface area contributed by atoms with Crippen LogP contribution in [0.1, 0.15) is 114 Å². The van der Waals surface area contributed by atoms with Crippen molar-refractivity contribution in [1.82, 2.24) is 5.32 Å². The molecule has 0 aliphatic rings. The van der Waals surface area contributed by atoms with Gasteiger partial charge < -0.3 is 22.5 Å². The predicted molar refractivity (Wildman–Crippen MR) is 131 cm³/mol. The molecule has 1 aromatic rings. The van der Waals surface area contributed by atoms with E-state index < -0.39 is 0 Å². The van der Waals surface area contributed by atoms with E-state index in [2.05, 4.69) is 12.2 Å². The molecular weight excluding hydrogens is 436 g/mol. The zero-order valence-electron chi connectivity index (χ0n) is 20.9. The first kappa shape index (κ1) is 31.5. The molecule has 0 amide bonds. The summed E-state index contributed by atoms with van der Waals surface area (Å²) in [7, 11) is 0. The zero-order chi connectivity index (χ0) is 23.1. The number of unbranched alkanes of at least 4 members (excludes halogenated alkanes) is 14. The fourth-order valence-electron chi connectivity index (χ4n) is 3.80. The summed E-state index contributed by atoms with van der Waals surface area (Å²) in [5, 5.41) is 3.01. The Balaban J connectivity index is 0.0000102. The first-order valence-electron chi connectivity index (χ1n) is 13.1. The second-order valence-corrected chi connectivity index (χ2v) is 8.77. The fourth-order valence-corrected chi connectivity index (χ4v) is 3.80. The minimum atomic E-state index is -0.134. The maximum atomic E-state index is 11.9. The standard InChI is InChI=1S/C27H47N2O3.ClH/c1-2-3-4-5-6-7-8-9-10-11-12-13-14-15-17-20-27(31)32-24-21-28-25-26(30)29-22-18-16-19-23-29;/h16,18-19,22-23,28H,2-15,17,20-21,24-25H2,1H3;1H/q+1;/p-1. The van der Waals surface area contributed by atoms with Crippen LogP contribution in [0.25, 0.3) is 0 Å². The van der Waals surface area contributed by atoms with E-state index in [1.165, 1.54) is 88.0 Å². The van der Waals surface area contributed by atoms with Crippen LogP contribution in [0, 0.1) is 0 Å². The van der Waals surface area contributed by atoms with Gasteiger partial charge in [-0.05, 0) is 6.42 Å². The number of ether oxygens (including phenoxy) is 1. The van der Waals surface area contributed by atoms with E-state index in [9.17, 15) is 9.59 Å². The van der Waals surface area contributed by atoms with Gasteiger partial charge in [0, 0.05) is 25.1 Å². The molecule has 0 radical (unpaired) electrons. The van der Waals surface area contributed by atoms with Gasteiger partial charge in [0.25, 0.3) is 0 Å². The molecule has 190 valence electrons. The summed E-state index contributed by atoms with van der Waals surface area (Å²) in [5.74, 6) is -0.167. The third kappa shape index (κ3) is 19.7. The molecule has 6 heteroatoms. The SMILES string of the molecule is CCCCCCCCCCCCCCCCCC(=O)OCCNCC(=O)[n+]1ccccc1.[Cl-]. The van der Waals surface area contributed by atoms with Crippen LogP contribution < -0.4 is 22.3 Å². The highest BCUT2D eigenvalue weighted by molar-refractivity contribution is 5.69. The third-order valence-corrected chi connectivity index (χ3v) is 5.81. The highest BCUT2D eigenvalue weighted by atomic mass is 35.5. The molecule has 0 spiro atoms. The molecule has 0 bridgehead atoms. The van der Waals surface area contributed by atoms with E-state index in [4.69, 9.17) is 4.74 Å². The second kappa shape index (κ2) is 23.7. The lowest BCUT2D eigenvalue weighted by Gasteiger charge is -2.05. The lowest BCUT2D eigenvalue weighted by atomic mass is 10.0. The van der Waals surface area contributed by atoms with E-state index in [0.717, 1.165) is 12.8 Å². The summed E-state index contributed by atoms with van der Waals surface area (Å²) in [5.41, 5.74) is 0. The van der Waals surface area contributed by atoms with Crippen LogP contribution in [0.5, 0.6) is 0 Å². The van der Waals surface area contributed by atoms with Crippen molar-refractivity contribution in [3.8, 4) is 0 Å². The number of pyridine rings is 1. The number of hydrogen-bond acceptors (Lipinski definition) is 4. The lowest BCUT2D eigenvalue weighted by molar-refractivity contribution is -0.573. The Labute approximate surface area is 208 Å². The minimum absolute atomic E-state index is 0. The number of nitrogens with zero attached hydrogens (tertiary/aromatic N) is 1. The van der Waals surface area contributed by atoms with Crippen LogP contribution in [0.3, 0.4) is 0 Å². The molecule has 0 atom stereocenters. The topological polar surface area (TPSA) is 59.3 Å². The van der Waals surface area contributed by atoms with Crippen LogP contribution in [0.2, 0.25) is 0 Å². The van der Waals surface area contributed by atoms with Crippen molar-refractivity contribution in [1.29, 1.82) is 0 Å². The molecule has 1 N–H and O–H groups in total. The van der Waals surface area contributed by atoms with E-state index in [1.807, 2.05) is 18.2 Å². The van der Waals surface area contributed by atoms with E-state index in [0.29, 0.717) is 19.6 Å². The van der Waals surface area contributed by atoms with Crippen molar-refractivity contribution in [3.63, 3.8) is 0 Å². The normalized spacial score (nSPS) is 10.6. The highest BCUT2D eigenvalue weighted by Gasteiger charge is 2.11. The number of halogens is 1. The summed E-state index contributed by atoms with van der Waals surface area (Å²) in [6, 6.07) is 5.50. The summed E-state index contributed by atoms with van der Waals surface area (Å²) < 4.78 is 6.77. The maximum Gasteiger partial charge on any atom is 0.406 e. The summed E-state index contributed by atoms with van der Waals surface area (Å²) >= 11 is 0. The maximum absolute atomic E-state index is 11.9. The molecular formula is C27H47ClN2O3. The van der Waals surface area contributed by atoms with Crippen LogP contribution in [-0.2, 0) is 9.53 Å². The Morgan fingerprint density at radius 1 is 0.727 bits per heavy atom. The number of rotatable bonds is 21. The third-order valence-electron chi connectivity index (χ3n) is 5.81. The molecule has 0 unspecified atom stereocenters. The van der Waals surface area contributed by atoms with Gasteiger partial charge in [0.2, 0.25) is 0 Å². The van der Waals surface area contributed by atoms with Crippen molar-refractivity contribution in [2.45, 2.75) is 110 Å². The van der Waals surface area contributed by atoms with Gasteiger partial charge in [-0.2, -0.15) is 0 Å². The molecule has 5 nitrogen and oxygen atoms in total. The molecule has 0 saturated carbocycles. The van der Waals surface area contributed by atoms with Gasteiger partial charge in [-0.15, -0.1) is 4.57 Å². The van der Waals surface area contributed by atoms with Crippen LogP contribution in [0.4, 0.5) is 0 Å². The van der Waals surface area contributed by atoms with Gasteiger partial charge in [-0.1, -0.05) is 103 Å². The average molecular weight is 483 g/mol. The largest absolute Gasteiger partial charge is 1.00 e. The quantitative estimate of drug-likeness (QED) is 0.166. The number of carbonyl (C=O) groups is 2. The van der Waals surface area contributed by atoms with Crippen molar-refractivity contribution in [3.05, 3.63) is 30.6 Å². The summed E-state index contributed by atoms with van der Waals surface area (Å²) in [6.07, 6.45) is 23.7. The minimum Gasteiger partial charge on any atom is -1.00 e. The Morgan fingerprint density at radius 2 is 1.21 bits per heavy atom. The van der Waals surface area contributed by atoms with Crippen LogP contribution >= 0.6 is 0 Å². The van der Waals surface area contributed by atoms with Gasteiger partial charge in [-0.3, -0.25) is 4.79 Å². The van der Waals surface area contributed by atoms with Crippen molar-refractivity contribution >= 4 is 11.9 Å². The van der Waals surface area contributed by atoms with Crippen LogP contribution in [-0.4, -0.2) is 31.6 Å². The Morgan fingerprint density at radius 3 is 1.73 bits per heavy atom. The Kier molecular flexibility index (Phi) is 22.6. The predicted octanol–water partition coefficient (Wildman–Crippen LogP) is 3.01. The molecule has 0 aromatic carbocycles. The highest BCUT2D eigenvalue weighted by Crippen LogP contribution is 2.13. The number of aromatic nitrogens is 1. The van der Waals surface area contributed by atoms with Crippen molar-refractivity contribution in [2.24, 2.45) is 0 Å². The number of esters is 1. The Hall–Kier alpha value is -1.46. The van der Waals surface area contributed by atoms with Gasteiger partial charge in [0.1, 0.15) is 13.2 Å². The molecule has 0 aliphatic heterocycles. The summed E-state index contributed by atoms with van der Waals surface area (Å²) in [6.45, 7) is 3.30. The van der Waals surface area contributed by atoms with E-state index in [1.54, 1.807) is 12.4 Å². The summed E-state index contributed by atoms with van der Waals surface area (Å²) in [4.78, 5) is 23.7. The second-order valence-electron chi connectivity index (χ2n) is 8.77. The van der Waals surface area contributed by atoms with Crippen molar-refractivity contribution in [2.75, 3.05) is 19.7 Å². The van der Waals surface area contributed by atoms with Crippen LogP contribution in [0.15, 0.2) is 30.6 Å². The first-order valence-corrected chi connectivity index (χ1v) is 13.1. The molecule has 1 aromatic heterocycles. The zero-order valence-corrected chi connectivity index (χ0v) is 21.6. The molecule has 0 aliphatic carbocycles. The molecule has 0 fully saturated rings. The number of carbonyl (C=O) groups excluding carboxylic acids is 2. The monoisotopic (exact) mass is 482 g/mol. The van der Waals surface area contributed by atoms with E-state index in [-0.39, 0.29) is 30.8 Å². The first-order chi connectivity index (χ1) is 15.7. The van der Waals surface area contributed by atoms with E-state index >= 15 is 0 Å². The van der Waals surface area contributed by atoms with Crippen molar-refractivity contribution < 1.29 is 31.3 Å². The average Bonchev–Trinajstić information content (AvgIpc) is 2.81. The fraction of sp³-hybridized carbons (Fsp3) is 0.741. The molecule has 0 saturated heterocycles. The molecule has 1 heterocycles. The van der Waals surface area contributed by atoms with Gasteiger partial charge in [0.05, 0.1) is 0 Å². The lowest BCUT2D eigenvalue weighted by Crippen LogP contribution is -3.00. The smallest absolute Gasteiger partial charge is 0.406 e. The van der Waals surface area contributed by atoms with Gasteiger partial charge in [0.15, 0.2) is 12.4 Å².